The molecule has 1 fully saturated rings. The quantitative estimate of drug-likeness (QED) is 0.465. The third-order valence-electron chi connectivity index (χ3n) is 3.85. The Morgan fingerprint density at radius 2 is 1.91 bits per heavy atom. The van der Waals surface area contributed by atoms with Gasteiger partial charge in [-0.15, -0.1) is 0 Å². The molecule has 0 atom stereocenters. The number of amides is 2. The Hall–Kier alpha value is -1.34. The van der Waals surface area contributed by atoms with Crippen LogP contribution in [0.3, 0.4) is 0 Å². The molecule has 23 heavy (non-hydrogen) atoms. The van der Waals surface area contributed by atoms with Crippen molar-refractivity contribution in [2.75, 3.05) is 39.5 Å². The van der Waals surface area contributed by atoms with E-state index in [2.05, 4.69) is 5.32 Å². The Balaban J connectivity index is 2.42. The first-order chi connectivity index (χ1) is 11.2. The zero-order valence-corrected chi connectivity index (χ0v) is 14.1. The van der Waals surface area contributed by atoms with Crippen molar-refractivity contribution in [1.29, 1.82) is 0 Å². The van der Waals surface area contributed by atoms with E-state index in [1.807, 2.05) is 0 Å². The summed E-state index contributed by atoms with van der Waals surface area (Å²) in [5, 5.41) is 11.8. The second-order valence-corrected chi connectivity index (χ2v) is 5.66. The minimum atomic E-state index is -0.306. The molecule has 1 aliphatic carbocycles. The molecule has 7 nitrogen and oxygen atoms in total. The number of urea groups is 1. The number of esters is 1. The molecule has 0 aromatic rings. The first-order valence-electron chi connectivity index (χ1n) is 8.57. The van der Waals surface area contributed by atoms with Crippen molar-refractivity contribution in [1.82, 2.24) is 10.2 Å². The van der Waals surface area contributed by atoms with E-state index in [1.54, 1.807) is 11.8 Å². The highest BCUT2D eigenvalue weighted by atomic mass is 16.5. The van der Waals surface area contributed by atoms with Gasteiger partial charge in [-0.2, -0.15) is 0 Å². The van der Waals surface area contributed by atoms with E-state index in [1.165, 1.54) is 6.42 Å². The molecule has 0 bridgehead atoms. The molecule has 0 spiro atoms. The number of hydrogen-bond acceptors (Lipinski definition) is 5. The minimum Gasteiger partial charge on any atom is -0.466 e. The summed E-state index contributed by atoms with van der Waals surface area (Å²) in [4.78, 5) is 25.5. The zero-order valence-electron chi connectivity index (χ0n) is 14.1. The molecule has 0 unspecified atom stereocenters. The number of carbonyl (C=O) groups excluding carboxylic acids is 2. The van der Waals surface area contributed by atoms with Crippen LogP contribution in [0.4, 0.5) is 4.79 Å². The van der Waals surface area contributed by atoms with E-state index >= 15 is 0 Å². The van der Waals surface area contributed by atoms with Gasteiger partial charge in [-0.1, -0.05) is 19.3 Å². The summed E-state index contributed by atoms with van der Waals surface area (Å²) in [5.41, 5.74) is 0. The third kappa shape index (κ3) is 8.76. The summed E-state index contributed by atoms with van der Waals surface area (Å²) < 4.78 is 10.1. The number of hydrogen-bond donors (Lipinski definition) is 2. The van der Waals surface area contributed by atoms with E-state index in [-0.39, 0.29) is 37.7 Å². The lowest BCUT2D eigenvalue weighted by Crippen LogP contribution is -2.47. The lowest BCUT2D eigenvalue weighted by molar-refractivity contribution is -0.143. The van der Waals surface area contributed by atoms with Crippen molar-refractivity contribution in [3.8, 4) is 0 Å². The molecule has 0 heterocycles. The first kappa shape index (κ1) is 19.7. The van der Waals surface area contributed by atoms with Gasteiger partial charge in [-0.3, -0.25) is 4.79 Å². The molecular formula is C16H30N2O5. The highest BCUT2D eigenvalue weighted by molar-refractivity contribution is 5.76. The van der Waals surface area contributed by atoms with Crippen LogP contribution < -0.4 is 5.32 Å². The number of nitrogens with one attached hydrogen (secondary N) is 1. The van der Waals surface area contributed by atoms with Gasteiger partial charge in [0, 0.05) is 19.1 Å². The van der Waals surface area contributed by atoms with E-state index in [4.69, 9.17) is 14.6 Å². The highest BCUT2D eigenvalue weighted by Gasteiger charge is 2.20. The van der Waals surface area contributed by atoms with Crippen molar-refractivity contribution in [3.05, 3.63) is 0 Å². The fourth-order valence-corrected chi connectivity index (χ4v) is 2.63. The van der Waals surface area contributed by atoms with Crippen LogP contribution in [0.15, 0.2) is 0 Å². The fraction of sp³-hybridized carbons (Fsp3) is 0.875. The molecule has 0 aliphatic heterocycles. The van der Waals surface area contributed by atoms with Gasteiger partial charge in [0.15, 0.2) is 0 Å². The normalized spacial score (nSPS) is 15.2. The maximum atomic E-state index is 12.4. The van der Waals surface area contributed by atoms with Gasteiger partial charge >= 0.3 is 12.0 Å². The lowest BCUT2D eigenvalue weighted by atomic mass is 9.96. The Morgan fingerprint density at radius 1 is 1.17 bits per heavy atom. The monoisotopic (exact) mass is 330 g/mol. The summed E-state index contributed by atoms with van der Waals surface area (Å²) in [5.74, 6) is -0.306. The SMILES string of the molecule is CCOC(=O)CCN(CCOCCO)C(=O)NC1CCCCC1. The van der Waals surface area contributed by atoms with Crippen LogP contribution in [0.25, 0.3) is 0 Å². The highest BCUT2D eigenvalue weighted by Crippen LogP contribution is 2.17. The number of aliphatic hydroxyl groups excluding tert-OH is 1. The molecule has 134 valence electrons. The Morgan fingerprint density at radius 3 is 2.57 bits per heavy atom. The third-order valence-corrected chi connectivity index (χ3v) is 3.85. The van der Waals surface area contributed by atoms with Crippen LogP contribution in [-0.4, -0.2) is 67.6 Å². The standard InChI is InChI=1S/C16H30N2O5/c1-2-23-15(20)8-9-18(10-12-22-13-11-19)16(21)17-14-6-4-3-5-7-14/h14,19H,2-13H2,1H3,(H,17,21). The first-order valence-corrected chi connectivity index (χ1v) is 8.57. The zero-order chi connectivity index (χ0) is 16.9. The van der Waals surface area contributed by atoms with Crippen LogP contribution in [0.1, 0.15) is 45.4 Å². The second-order valence-electron chi connectivity index (χ2n) is 5.66. The molecule has 2 amide bonds. The van der Waals surface area contributed by atoms with Crippen molar-refractivity contribution in [2.24, 2.45) is 0 Å². The molecule has 1 aliphatic rings. The number of rotatable bonds is 10. The number of carbonyl (C=O) groups is 2. The van der Waals surface area contributed by atoms with Gasteiger partial charge < -0.3 is 24.8 Å². The molecule has 0 aromatic carbocycles. The van der Waals surface area contributed by atoms with Crippen molar-refractivity contribution in [3.63, 3.8) is 0 Å². The average Bonchev–Trinajstić information content (AvgIpc) is 2.55. The molecule has 7 heteroatoms. The van der Waals surface area contributed by atoms with E-state index in [0.29, 0.717) is 26.3 Å². The van der Waals surface area contributed by atoms with Crippen LogP contribution in [0.5, 0.6) is 0 Å². The predicted molar refractivity (Wildman–Crippen MR) is 86.1 cm³/mol. The van der Waals surface area contributed by atoms with E-state index < -0.39 is 0 Å². The van der Waals surface area contributed by atoms with Gasteiger partial charge in [0.25, 0.3) is 0 Å². The van der Waals surface area contributed by atoms with E-state index in [9.17, 15) is 9.59 Å². The molecular weight excluding hydrogens is 300 g/mol. The maximum Gasteiger partial charge on any atom is 0.317 e. The molecule has 1 saturated carbocycles. The molecule has 0 saturated heterocycles. The van der Waals surface area contributed by atoms with Gasteiger partial charge in [0.2, 0.25) is 0 Å². The topological polar surface area (TPSA) is 88.1 Å². The summed E-state index contributed by atoms with van der Waals surface area (Å²) in [6, 6.07) is 0.0634. The average molecular weight is 330 g/mol. The molecule has 0 aromatic heterocycles. The van der Waals surface area contributed by atoms with Gasteiger partial charge in [0.05, 0.1) is 32.8 Å². The summed E-state index contributed by atoms with van der Waals surface area (Å²) in [6.07, 6.45) is 5.72. The van der Waals surface area contributed by atoms with Crippen molar-refractivity contribution < 1.29 is 24.2 Å². The largest absolute Gasteiger partial charge is 0.466 e. The van der Waals surface area contributed by atoms with Gasteiger partial charge in [-0.05, 0) is 19.8 Å². The summed E-state index contributed by atoms with van der Waals surface area (Å²) in [7, 11) is 0. The molecule has 1 rings (SSSR count). The van der Waals surface area contributed by atoms with E-state index in [0.717, 1.165) is 25.7 Å². The van der Waals surface area contributed by atoms with Crippen LogP contribution >= 0.6 is 0 Å². The van der Waals surface area contributed by atoms with Gasteiger partial charge in [-0.25, -0.2) is 4.79 Å². The van der Waals surface area contributed by atoms with Crippen molar-refractivity contribution >= 4 is 12.0 Å². The minimum absolute atomic E-state index is 0.0445. The Kier molecular flexibility index (Phi) is 10.4. The van der Waals surface area contributed by atoms with Crippen LogP contribution in [-0.2, 0) is 14.3 Å². The number of nitrogens with zero attached hydrogens (tertiary/aromatic N) is 1. The summed E-state index contributed by atoms with van der Waals surface area (Å²) in [6.45, 7) is 3.33. The van der Waals surface area contributed by atoms with Gasteiger partial charge in [0.1, 0.15) is 0 Å². The Labute approximate surface area is 138 Å². The maximum absolute atomic E-state index is 12.4. The molecule has 0 radical (unpaired) electrons. The smallest absolute Gasteiger partial charge is 0.317 e. The fourth-order valence-electron chi connectivity index (χ4n) is 2.63. The second kappa shape index (κ2) is 12.1. The summed E-state index contributed by atoms with van der Waals surface area (Å²) >= 11 is 0. The number of ether oxygens (including phenoxy) is 2. The predicted octanol–water partition coefficient (Wildman–Crippen LogP) is 1.29. The number of aliphatic hydroxyl groups is 1. The Bertz CT molecular complexity index is 345. The van der Waals surface area contributed by atoms with Crippen molar-refractivity contribution in [2.45, 2.75) is 51.5 Å². The van der Waals surface area contributed by atoms with Crippen LogP contribution in [0, 0.1) is 0 Å². The molecule has 2 N–H and O–H groups in total. The lowest BCUT2D eigenvalue weighted by Gasteiger charge is -2.28. The van der Waals surface area contributed by atoms with Crippen LogP contribution in [0.2, 0.25) is 0 Å².